The number of hydrogen-bond donors (Lipinski definition) is 0. The first-order valence-electron chi connectivity index (χ1n) is 6.99. The number of rotatable bonds is 2. The van der Waals surface area contributed by atoms with E-state index in [1.54, 1.807) is 0 Å². The number of halogens is 1. The molecule has 2 saturated carbocycles. The van der Waals surface area contributed by atoms with Gasteiger partial charge in [0.15, 0.2) is 0 Å². The van der Waals surface area contributed by atoms with Crippen LogP contribution in [-0.4, -0.2) is 10.9 Å². The van der Waals surface area contributed by atoms with Gasteiger partial charge in [-0.25, -0.2) is 0 Å². The van der Waals surface area contributed by atoms with E-state index >= 15 is 0 Å². The molecular formula is C16H21BrO. The van der Waals surface area contributed by atoms with Gasteiger partial charge in [-0.15, -0.1) is 0 Å². The predicted molar refractivity (Wildman–Crippen MR) is 78.6 cm³/mol. The fraction of sp³-hybridized carbons (Fsp3) is 0.625. The van der Waals surface area contributed by atoms with Gasteiger partial charge in [-0.2, -0.15) is 0 Å². The van der Waals surface area contributed by atoms with Crippen LogP contribution in [0.2, 0.25) is 0 Å². The van der Waals surface area contributed by atoms with Crippen LogP contribution in [0.5, 0.6) is 5.75 Å². The van der Waals surface area contributed by atoms with Crippen LogP contribution in [0.25, 0.3) is 0 Å². The maximum Gasteiger partial charge on any atom is 0.120 e. The lowest BCUT2D eigenvalue weighted by molar-refractivity contribution is -0.0304. The van der Waals surface area contributed by atoms with E-state index in [0.29, 0.717) is 16.3 Å². The van der Waals surface area contributed by atoms with Gasteiger partial charge in [0.1, 0.15) is 11.9 Å². The first-order chi connectivity index (χ1) is 8.60. The fourth-order valence-corrected chi connectivity index (χ4v) is 4.79. The highest BCUT2D eigenvalue weighted by atomic mass is 79.9. The molecule has 2 heteroatoms. The Morgan fingerprint density at radius 2 is 1.72 bits per heavy atom. The molecule has 1 aromatic carbocycles. The number of alkyl halides is 1. The third kappa shape index (κ3) is 1.99. The van der Waals surface area contributed by atoms with Gasteiger partial charge in [0.05, 0.1) is 0 Å². The highest BCUT2D eigenvalue weighted by Crippen LogP contribution is 2.57. The summed E-state index contributed by atoms with van der Waals surface area (Å²) in [5, 5.41) is 0. The van der Waals surface area contributed by atoms with Crippen molar-refractivity contribution in [2.45, 2.75) is 56.9 Å². The molecule has 0 bridgehead atoms. The summed E-state index contributed by atoms with van der Waals surface area (Å²) in [6, 6.07) is 6.53. The summed E-state index contributed by atoms with van der Waals surface area (Å²) in [6.07, 6.45) is 6.98. The number of benzene rings is 1. The van der Waals surface area contributed by atoms with Crippen LogP contribution in [-0.2, 0) is 0 Å². The van der Waals surface area contributed by atoms with E-state index in [2.05, 4.69) is 48.0 Å². The Bertz CT molecular complexity index is 428. The van der Waals surface area contributed by atoms with Gasteiger partial charge in [0.25, 0.3) is 0 Å². The SMILES string of the molecule is Cc1cc(C)cc(OC2CC(Br)C23CCCC3)c1. The summed E-state index contributed by atoms with van der Waals surface area (Å²) in [4.78, 5) is 0.670. The average Bonchev–Trinajstić information content (AvgIpc) is 2.79. The second-order valence-corrected chi connectivity index (χ2v) is 7.18. The number of ether oxygens (including phenoxy) is 1. The zero-order chi connectivity index (χ0) is 12.8. The van der Waals surface area contributed by atoms with Crippen LogP contribution >= 0.6 is 15.9 Å². The molecule has 0 amide bonds. The largest absolute Gasteiger partial charge is 0.490 e. The third-order valence-electron chi connectivity index (χ3n) is 4.69. The van der Waals surface area contributed by atoms with Crippen LogP contribution < -0.4 is 4.74 Å². The minimum Gasteiger partial charge on any atom is -0.490 e. The Labute approximate surface area is 118 Å². The monoisotopic (exact) mass is 308 g/mol. The van der Waals surface area contributed by atoms with Crippen LogP contribution in [0, 0.1) is 19.3 Å². The van der Waals surface area contributed by atoms with E-state index in [0.717, 1.165) is 12.2 Å². The molecule has 2 fully saturated rings. The molecule has 2 atom stereocenters. The first-order valence-corrected chi connectivity index (χ1v) is 7.91. The standard InChI is InChI=1S/C16H21BrO/c1-11-7-12(2)9-13(8-11)18-15-10-14(17)16(15)5-3-4-6-16/h7-9,14-15H,3-6,10H2,1-2H3. The Morgan fingerprint density at radius 3 is 2.28 bits per heavy atom. The molecule has 3 rings (SSSR count). The zero-order valence-electron chi connectivity index (χ0n) is 11.2. The molecule has 0 N–H and O–H groups in total. The summed E-state index contributed by atoms with van der Waals surface area (Å²) in [7, 11) is 0. The molecule has 1 nitrogen and oxygen atoms in total. The van der Waals surface area contributed by atoms with Crippen LogP contribution in [0.1, 0.15) is 43.2 Å². The summed E-state index contributed by atoms with van der Waals surface area (Å²) < 4.78 is 6.29. The third-order valence-corrected chi connectivity index (χ3v) is 5.98. The average molecular weight is 309 g/mol. The van der Waals surface area contributed by atoms with Crippen LogP contribution in [0.3, 0.4) is 0 Å². The van der Waals surface area contributed by atoms with E-state index in [-0.39, 0.29) is 0 Å². The predicted octanol–water partition coefficient (Wildman–Crippen LogP) is 4.78. The van der Waals surface area contributed by atoms with E-state index in [1.807, 2.05) is 0 Å². The van der Waals surface area contributed by atoms with Gasteiger partial charge < -0.3 is 4.74 Å². The van der Waals surface area contributed by atoms with Crippen molar-refractivity contribution in [1.82, 2.24) is 0 Å². The maximum atomic E-state index is 6.29. The summed E-state index contributed by atoms with van der Waals surface area (Å²) in [5.41, 5.74) is 3.01. The van der Waals surface area contributed by atoms with Gasteiger partial charge in [0.2, 0.25) is 0 Å². The molecule has 0 aromatic heterocycles. The molecule has 0 aliphatic heterocycles. The second-order valence-electron chi connectivity index (χ2n) is 6.07. The molecule has 0 saturated heterocycles. The molecule has 1 aromatic rings. The van der Waals surface area contributed by atoms with Crippen LogP contribution in [0.4, 0.5) is 0 Å². The Morgan fingerprint density at radius 1 is 1.11 bits per heavy atom. The molecular weight excluding hydrogens is 288 g/mol. The molecule has 2 aliphatic rings. The molecule has 0 heterocycles. The lowest BCUT2D eigenvalue weighted by Gasteiger charge is -2.51. The van der Waals surface area contributed by atoms with Gasteiger partial charge in [-0.3, -0.25) is 0 Å². The zero-order valence-corrected chi connectivity index (χ0v) is 12.8. The van der Waals surface area contributed by atoms with Crippen molar-refractivity contribution in [3.63, 3.8) is 0 Å². The smallest absolute Gasteiger partial charge is 0.120 e. The fourth-order valence-electron chi connectivity index (χ4n) is 3.70. The Hall–Kier alpha value is -0.500. The summed E-state index contributed by atoms with van der Waals surface area (Å²) >= 11 is 3.85. The Balaban J connectivity index is 1.77. The van der Waals surface area contributed by atoms with Crippen molar-refractivity contribution in [3.8, 4) is 5.75 Å². The minimum atomic E-state index is 0.422. The van der Waals surface area contributed by atoms with Gasteiger partial charge in [-0.1, -0.05) is 34.8 Å². The Kier molecular flexibility index (Phi) is 3.17. The molecule has 0 radical (unpaired) electrons. The van der Waals surface area contributed by atoms with Gasteiger partial charge in [-0.05, 0) is 56.4 Å². The van der Waals surface area contributed by atoms with Crippen molar-refractivity contribution in [3.05, 3.63) is 29.3 Å². The highest BCUT2D eigenvalue weighted by Gasteiger charge is 2.56. The van der Waals surface area contributed by atoms with Crippen molar-refractivity contribution in [2.24, 2.45) is 5.41 Å². The second kappa shape index (κ2) is 4.56. The van der Waals surface area contributed by atoms with Crippen molar-refractivity contribution < 1.29 is 4.74 Å². The van der Waals surface area contributed by atoms with E-state index in [1.165, 1.54) is 36.8 Å². The van der Waals surface area contributed by atoms with Gasteiger partial charge >= 0.3 is 0 Å². The summed E-state index contributed by atoms with van der Waals surface area (Å²) in [6.45, 7) is 4.28. The lowest BCUT2D eigenvalue weighted by atomic mass is 9.64. The molecule has 1 spiro atoms. The topological polar surface area (TPSA) is 9.23 Å². The van der Waals surface area contributed by atoms with E-state index in [4.69, 9.17) is 4.74 Å². The molecule has 98 valence electrons. The van der Waals surface area contributed by atoms with E-state index in [9.17, 15) is 0 Å². The molecule has 18 heavy (non-hydrogen) atoms. The maximum absolute atomic E-state index is 6.29. The molecule has 2 unspecified atom stereocenters. The summed E-state index contributed by atoms with van der Waals surface area (Å²) in [5.74, 6) is 1.06. The van der Waals surface area contributed by atoms with Gasteiger partial charge in [0, 0.05) is 10.2 Å². The van der Waals surface area contributed by atoms with Crippen molar-refractivity contribution >= 4 is 15.9 Å². The lowest BCUT2D eigenvalue weighted by Crippen LogP contribution is -2.55. The van der Waals surface area contributed by atoms with Crippen molar-refractivity contribution in [1.29, 1.82) is 0 Å². The quantitative estimate of drug-likeness (QED) is 0.715. The minimum absolute atomic E-state index is 0.422. The van der Waals surface area contributed by atoms with Crippen molar-refractivity contribution in [2.75, 3.05) is 0 Å². The number of hydrogen-bond acceptors (Lipinski definition) is 1. The normalized spacial score (nSPS) is 29.3. The van der Waals surface area contributed by atoms with Crippen LogP contribution in [0.15, 0.2) is 18.2 Å². The molecule has 2 aliphatic carbocycles. The van der Waals surface area contributed by atoms with E-state index < -0.39 is 0 Å². The number of aryl methyl sites for hydroxylation is 2. The highest BCUT2D eigenvalue weighted by molar-refractivity contribution is 9.09. The first kappa shape index (κ1) is 12.5.